The van der Waals surface area contributed by atoms with Crippen molar-refractivity contribution in [1.82, 2.24) is 0 Å². The maximum absolute atomic E-state index is 10.2. The first-order chi connectivity index (χ1) is 6.52. The second kappa shape index (κ2) is 7.80. The van der Waals surface area contributed by atoms with Crippen LogP contribution in [0.2, 0.25) is 0 Å². The second-order valence-corrected chi connectivity index (χ2v) is 4.28. The van der Waals surface area contributed by atoms with Gasteiger partial charge >= 0.3 is 5.97 Å². The summed E-state index contributed by atoms with van der Waals surface area (Å²) in [4.78, 5) is 10.2. The lowest BCUT2D eigenvalue weighted by atomic mass is 10.0. The Labute approximate surface area is 86.1 Å². The number of carbonyl (C=O) groups is 1. The van der Waals surface area contributed by atoms with Crippen molar-refractivity contribution in [3.05, 3.63) is 0 Å². The van der Waals surface area contributed by atoms with Gasteiger partial charge in [0.2, 0.25) is 0 Å². The summed E-state index contributed by atoms with van der Waals surface area (Å²) in [5.41, 5.74) is 0. The molecule has 0 heterocycles. The highest BCUT2D eigenvalue weighted by Crippen LogP contribution is 2.12. The van der Waals surface area contributed by atoms with Crippen LogP contribution >= 0.6 is 0 Å². The molecule has 0 aliphatic rings. The van der Waals surface area contributed by atoms with Gasteiger partial charge in [-0.3, -0.25) is 4.79 Å². The Kier molecular flexibility index (Phi) is 7.48. The minimum Gasteiger partial charge on any atom is -0.481 e. The van der Waals surface area contributed by atoms with Gasteiger partial charge in [-0.25, -0.2) is 0 Å². The number of aliphatic carboxylic acids is 1. The third-order valence-corrected chi connectivity index (χ3v) is 2.17. The monoisotopic (exact) mass is 202 g/mol. The molecule has 0 rings (SSSR count). The Morgan fingerprint density at radius 1 is 1.21 bits per heavy atom. The molecule has 0 aromatic rings. The fourth-order valence-corrected chi connectivity index (χ4v) is 1.49. The summed E-state index contributed by atoms with van der Waals surface area (Å²) in [5, 5.41) is 17.9. The van der Waals surface area contributed by atoms with E-state index in [1.807, 2.05) is 0 Å². The summed E-state index contributed by atoms with van der Waals surface area (Å²) < 4.78 is 0. The van der Waals surface area contributed by atoms with Gasteiger partial charge in [0.15, 0.2) is 0 Å². The molecule has 84 valence electrons. The number of aliphatic hydroxyl groups is 1. The molecule has 2 N–H and O–H groups in total. The van der Waals surface area contributed by atoms with Crippen LogP contribution in [0.3, 0.4) is 0 Å². The molecule has 3 heteroatoms. The van der Waals surface area contributed by atoms with E-state index in [4.69, 9.17) is 5.11 Å². The van der Waals surface area contributed by atoms with Crippen LogP contribution in [0.15, 0.2) is 0 Å². The van der Waals surface area contributed by atoms with Gasteiger partial charge in [-0.15, -0.1) is 0 Å². The van der Waals surface area contributed by atoms with Gasteiger partial charge in [0.25, 0.3) is 0 Å². The van der Waals surface area contributed by atoms with E-state index in [1.54, 1.807) is 0 Å². The lowest BCUT2D eigenvalue weighted by Gasteiger charge is -2.12. The van der Waals surface area contributed by atoms with Crippen molar-refractivity contribution in [2.45, 2.75) is 58.5 Å². The molecule has 0 aliphatic heterocycles. The fraction of sp³-hybridized carbons (Fsp3) is 0.909. The van der Waals surface area contributed by atoms with Crippen LogP contribution in [0.1, 0.15) is 52.4 Å². The van der Waals surface area contributed by atoms with E-state index in [-0.39, 0.29) is 12.5 Å². The van der Waals surface area contributed by atoms with Crippen molar-refractivity contribution < 1.29 is 15.0 Å². The molecular weight excluding hydrogens is 180 g/mol. The molecule has 1 atom stereocenters. The predicted octanol–water partition coefficient (Wildman–Crippen LogP) is 2.43. The topological polar surface area (TPSA) is 57.5 Å². The lowest BCUT2D eigenvalue weighted by Crippen LogP contribution is -2.09. The van der Waals surface area contributed by atoms with Gasteiger partial charge in [-0.05, 0) is 25.2 Å². The van der Waals surface area contributed by atoms with E-state index in [9.17, 15) is 9.90 Å². The Morgan fingerprint density at radius 2 is 1.86 bits per heavy atom. The predicted molar refractivity (Wildman–Crippen MR) is 56.2 cm³/mol. The average Bonchev–Trinajstić information content (AvgIpc) is 2.01. The number of carboxylic acids is 1. The third kappa shape index (κ3) is 9.52. The zero-order valence-corrected chi connectivity index (χ0v) is 9.20. The van der Waals surface area contributed by atoms with Gasteiger partial charge in [-0.2, -0.15) is 0 Å². The van der Waals surface area contributed by atoms with E-state index in [0.29, 0.717) is 5.92 Å². The molecule has 0 amide bonds. The lowest BCUT2D eigenvalue weighted by molar-refractivity contribution is -0.137. The summed E-state index contributed by atoms with van der Waals surface area (Å²) in [6.45, 7) is 4.18. The summed E-state index contributed by atoms with van der Waals surface area (Å²) >= 11 is 0. The summed E-state index contributed by atoms with van der Waals surface area (Å²) in [7, 11) is 0. The van der Waals surface area contributed by atoms with E-state index in [2.05, 4.69) is 13.8 Å². The number of unbranched alkanes of at least 4 members (excludes halogenated alkanes) is 2. The highest BCUT2D eigenvalue weighted by molar-refractivity contribution is 5.66. The van der Waals surface area contributed by atoms with E-state index < -0.39 is 5.97 Å². The van der Waals surface area contributed by atoms with E-state index in [0.717, 1.165) is 32.1 Å². The molecular formula is C11H22O3. The zero-order chi connectivity index (χ0) is 11.0. The molecule has 0 aromatic heterocycles. The molecule has 0 spiro atoms. The summed E-state index contributed by atoms with van der Waals surface area (Å²) in [6.07, 6.45) is 4.25. The van der Waals surface area contributed by atoms with Crippen molar-refractivity contribution in [3.63, 3.8) is 0 Å². The number of carboxylic acid groups (broad SMARTS) is 1. The van der Waals surface area contributed by atoms with Gasteiger partial charge < -0.3 is 10.2 Å². The van der Waals surface area contributed by atoms with Crippen LogP contribution in [0.5, 0.6) is 0 Å². The van der Waals surface area contributed by atoms with Crippen molar-refractivity contribution in [2.24, 2.45) is 5.92 Å². The Balaban J connectivity index is 3.23. The smallest absolute Gasteiger partial charge is 0.303 e. The standard InChI is InChI=1S/C11H22O3/c1-9(2)8-10(12)6-4-3-5-7-11(13)14/h9-10,12H,3-8H2,1-2H3,(H,13,14). The van der Waals surface area contributed by atoms with Crippen LogP contribution in [0.4, 0.5) is 0 Å². The zero-order valence-electron chi connectivity index (χ0n) is 9.20. The number of hydrogen-bond acceptors (Lipinski definition) is 2. The summed E-state index contributed by atoms with van der Waals surface area (Å²) in [6, 6.07) is 0. The van der Waals surface area contributed by atoms with Crippen LogP contribution in [-0.4, -0.2) is 22.3 Å². The molecule has 0 fully saturated rings. The first-order valence-electron chi connectivity index (χ1n) is 5.42. The van der Waals surface area contributed by atoms with Crippen molar-refractivity contribution in [1.29, 1.82) is 0 Å². The van der Waals surface area contributed by atoms with Crippen molar-refractivity contribution >= 4 is 5.97 Å². The molecule has 0 radical (unpaired) electrons. The highest BCUT2D eigenvalue weighted by atomic mass is 16.4. The normalized spacial score (nSPS) is 13.1. The second-order valence-electron chi connectivity index (χ2n) is 4.28. The van der Waals surface area contributed by atoms with Crippen LogP contribution in [0, 0.1) is 5.92 Å². The number of rotatable bonds is 8. The Morgan fingerprint density at radius 3 is 2.36 bits per heavy atom. The Bertz CT molecular complexity index is 155. The Hall–Kier alpha value is -0.570. The molecule has 0 aliphatic carbocycles. The highest BCUT2D eigenvalue weighted by Gasteiger charge is 2.06. The first kappa shape index (κ1) is 13.4. The molecule has 0 saturated heterocycles. The van der Waals surface area contributed by atoms with Gasteiger partial charge in [-0.1, -0.05) is 26.7 Å². The number of hydrogen-bond donors (Lipinski definition) is 2. The fourth-order valence-electron chi connectivity index (χ4n) is 1.49. The molecule has 0 bridgehead atoms. The molecule has 14 heavy (non-hydrogen) atoms. The SMILES string of the molecule is CC(C)CC(O)CCCCCC(=O)O. The van der Waals surface area contributed by atoms with Gasteiger partial charge in [0.1, 0.15) is 0 Å². The van der Waals surface area contributed by atoms with Crippen molar-refractivity contribution in [2.75, 3.05) is 0 Å². The average molecular weight is 202 g/mol. The first-order valence-corrected chi connectivity index (χ1v) is 5.42. The largest absolute Gasteiger partial charge is 0.481 e. The minimum atomic E-state index is -0.729. The molecule has 1 unspecified atom stereocenters. The number of aliphatic hydroxyl groups excluding tert-OH is 1. The maximum atomic E-state index is 10.2. The van der Waals surface area contributed by atoms with Gasteiger partial charge in [0, 0.05) is 6.42 Å². The minimum absolute atomic E-state index is 0.208. The van der Waals surface area contributed by atoms with Crippen molar-refractivity contribution in [3.8, 4) is 0 Å². The maximum Gasteiger partial charge on any atom is 0.303 e. The van der Waals surface area contributed by atoms with Crippen LogP contribution in [0.25, 0.3) is 0 Å². The molecule has 0 aromatic carbocycles. The quantitative estimate of drug-likeness (QED) is 0.594. The third-order valence-electron chi connectivity index (χ3n) is 2.17. The van der Waals surface area contributed by atoms with E-state index in [1.165, 1.54) is 0 Å². The summed E-state index contributed by atoms with van der Waals surface area (Å²) in [5.74, 6) is -0.197. The molecule has 3 nitrogen and oxygen atoms in total. The van der Waals surface area contributed by atoms with E-state index >= 15 is 0 Å². The molecule has 0 saturated carbocycles. The van der Waals surface area contributed by atoms with Crippen LogP contribution in [-0.2, 0) is 4.79 Å². The van der Waals surface area contributed by atoms with Gasteiger partial charge in [0.05, 0.1) is 6.10 Å². The van der Waals surface area contributed by atoms with Crippen LogP contribution < -0.4 is 0 Å².